The number of carbonyl (C=O) groups is 2. The largest absolute Gasteiger partial charge is 0.327 e. The first kappa shape index (κ1) is 16.6. The second-order valence-electron chi connectivity index (χ2n) is 7.98. The Morgan fingerprint density at radius 2 is 1.92 bits per heavy atom. The lowest BCUT2D eigenvalue weighted by atomic mass is 9.97. The van der Waals surface area contributed by atoms with E-state index < -0.39 is 5.54 Å². The number of amides is 3. The summed E-state index contributed by atoms with van der Waals surface area (Å²) in [4.78, 5) is 31.4. The van der Waals surface area contributed by atoms with Crippen molar-refractivity contribution in [1.82, 2.24) is 14.7 Å². The van der Waals surface area contributed by atoms with E-state index in [1.54, 1.807) is 9.80 Å². The minimum Gasteiger partial charge on any atom is -0.310 e. The van der Waals surface area contributed by atoms with E-state index in [1.165, 1.54) is 11.1 Å². The Balaban J connectivity index is 1.39. The van der Waals surface area contributed by atoms with E-state index in [0.29, 0.717) is 0 Å². The summed E-state index contributed by atoms with van der Waals surface area (Å²) in [6.45, 7) is 7.60. The number of rotatable bonds is 3. The molecule has 0 aromatic heterocycles. The first-order chi connectivity index (χ1) is 12.0. The van der Waals surface area contributed by atoms with Gasteiger partial charge in [-0.1, -0.05) is 29.8 Å². The molecule has 3 saturated heterocycles. The van der Waals surface area contributed by atoms with Gasteiger partial charge >= 0.3 is 6.03 Å². The van der Waals surface area contributed by atoms with Crippen LogP contribution in [0.1, 0.15) is 43.7 Å². The average molecular weight is 341 g/mol. The first-order valence-corrected chi connectivity index (χ1v) is 9.42. The van der Waals surface area contributed by atoms with Crippen LogP contribution in [0.2, 0.25) is 0 Å². The highest BCUT2D eigenvalue weighted by Gasteiger charge is 2.57. The molecule has 0 saturated carbocycles. The van der Waals surface area contributed by atoms with Gasteiger partial charge in [0.15, 0.2) is 0 Å². The minimum absolute atomic E-state index is 0.0344. The topological polar surface area (TPSA) is 43.9 Å². The SMILES string of the molecule is Cc1cccc(CN2CCC(N3C(=O)N4CCCC4(C)C3=O)CC2)c1. The normalized spacial score (nSPS) is 28.1. The molecule has 1 aromatic carbocycles. The number of likely N-dealkylation sites (tertiary alicyclic amines) is 1. The van der Waals surface area contributed by atoms with Crippen LogP contribution < -0.4 is 0 Å². The van der Waals surface area contributed by atoms with Crippen molar-refractivity contribution < 1.29 is 9.59 Å². The fourth-order valence-corrected chi connectivity index (χ4v) is 4.69. The Hall–Kier alpha value is -1.88. The molecule has 1 atom stereocenters. The summed E-state index contributed by atoms with van der Waals surface area (Å²) in [5.41, 5.74) is 2.05. The van der Waals surface area contributed by atoms with E-state index in [4.69, 9.17) is 0 Å². The minimum atomic E-state index is -0.574. The number of aryl methyl sites for hydroxylation is 1. The molecule has 3 fully saturated rings. The van der Waals surface area contributed by atoms with E-state index >= 15 is 0 Å². The third-order valence-electron chi connectivity index (χ3n) is 6.17. The summed E-state index contributed by atoms with van der Waals surface area (Å²) in [6.07, 6.45) is 3.51. The molecule has 3 aliphatic rings. The van der Waals surface area contributed by atoms with Gasteiger partial charge in [0.25, 0.3) is 5.91 Å². The average Bonchev–Trinajstić information content (AvgIpc) is 3.06. The summed E-state index contributed by atoms with van der Waals surface area (Å²) >= 11 is 0. The molecule has 3 aliphatic heterocycles. The van der Waals surface area contributed by atoms with Crippen molar-refractivity contribution >= 4 is 11.9 Å². The Labute approximate surface area is 149 Å². The second-order valence-corrected chi connectivity index (χ2v) is 7.98. The predicted octanol–water partition coefficient (Wildman–Crippen LogP) is 2.78. The van der Waals surface area contributed by atoms with Gasteiger partial charge in [-0.3, -0.25) is 14.6 Å². The van der Waals surface area contributed by atoms with Crippen LogP contribution in [0.4, 0.5) is 4.79 Å². The lowest BCUT2D eigenvalue weighted by molar-refractivity contribution is -0.134. The van der Waals surface area contributed by atoms with Gasteiger partial charge in [-0.15, -0.1) is 0 Å². The molecule has 25 heavy (non-hydrogen) atoms. The third kappa shape index (κ3) is 2.74. The number of nitrogens with zero attached hydrogens (tertiary/aromatic N) is 3. The number of fused-ring (bicyclic) bond motifs is 1. The second kappa shape index (κ2) is 6.13. The number of hydrogen-bond donors (Lipinski definition) is 0. The molecule has 5 nitrogen and oxygen atoms in total. The first-order valence-electron chi connectivity index (χ1n) is 9.42. The quantitative estimate of drug-likeness (QED) is 0.794. The van der Waals surface area contributed by atoms with Crippen LogP contribution in [0.5, 0.6) is 0 Å². The van der Waals surface area contributed by atoms with Gasteiger partial charge in [0, 0.05) is 32.2 Å². The Morgan fingerprint density at radius 1 is 1.16 bits per heavy atom. The van der Waals surface area contributed by atoms with E-state index in [2.05, 4.69) is 36.1 Å². The number of benzene rings is 1. The van der Waals surface area contributed by atoms with Crippen molar-refractivity contribution in [2.75, 3.05) is 19.6 Å². The molecule has 3 amide bonds. The lowest BCUT2D eigenvalue weighted by Crippen LogP contribution is -2.48. The summed E-state index contributed by atoms with van der Waals surface area (Å²) in [5.74, 6) is 0.0344. The van der Waals surface area contributed by atoms with Crippen LogP contribution >= 0.6 is 0 Å². The maximum absolute atomic E-state index is 12.9. The van der Waals surface area contributed by atoms with Gasteiger partial charge in [0.1, 0.15) is 5.54 Å². The van der Waals surface area contributed by atoms with E-state index in [-0.39, 0.29) is 18.0 Å². The zero-order valence-corrected chi connectivity index (χ0v) is 15.2. The Bertz CT molecular complexity index is 696. The molecule has 134 valence electrons. The van der Waals surface area contributed by atoms with Gasteiger partial charge in [-0.25, -0.2) is 4.79 Å². The molecule has 0 radical (unpaired) electrons. The predicted molar refractivity (Wildman–Crippen MR) is 96.1 cm³/mol. The highest BCUT2D eigenvalue weighted by molar-refractivity contribution is 6.07. The van der Waals surface area contributed by atoms with Crippen molar-refractivity contribution in [3.8, 4) is 0 Å². The maximum atomic E-state index is 12.9. The maximum Gasteiger partial charge on any atom is 0.327 e. The Kier molecular flexibility index (Phi) is 4.07. The Morgan fingerprint density at radius 3 is 2.60 bits per heavy atom. The molecular weight excluding hydrogens is 314 g/mol. The van der Waals surface area contributed by atoms with Crippen molar-refractivity contribution in [1.29, 1.82) is 0 Å². The van der Waals surface area contributed by atoms with Crippen molar-refractivity contribution in [3.63, 3.8) is 0 Å². The lowest BCUT2D eigenvalue weighted by Gasteiger charge is -2.35. The molecule has 1 unspecified atom stereocenters. The third-order valence-corrected chi connectivity index (χ3v) is 6.17. The number of carbonyl (C=O) groups excluding carboxylic acids is 2. The number of urea groups is 1. The van der Waals surface area contributed by atoms with Gasteiger partial charge in [-0.05, 0) is 45.1 Å². The summed E-state index contributed by atoms with van der Waals surface area (Å²) in [6, 6.07) is 8.63. The van der Waals surface area contributed by atoms with E-state index in [1.807, 2.05) is 6.92 Å². The van der Waals surface area contributed by atoms with Crippen LogP contribution in [0.25, 0.3) is 0 Å². The van der Waals surface area contributed by atoms with Gasteiger partial charge < -0.3 is 4.90 Å². The highest BCUT2D eigenvalue weighted by Crippen LogP contribution is 2.39. The fourth-order valence-electron chi connectivity index (χ4n) is 4.69. The zero-order valence-electron chi connectivity index (χ0n) is 15.2. The number of imide groups is 1. The fraction of sp³-hybridized carbons (Fsp3) is 0.600. The van der Waals surface area contributed by atoms with Gasteiger partial charge in [0.2, 0.25) is 0 Å². The summed E-state index contributed by atoms with van der Waals surface area (Å²) < 4.78 is 0. The highest BCUT2D eigenvalue weighted by atomic mass is 16.2. The molecule has 5 heteroatoms. The van der Waals surface area contributed by atoms with Crippen LogP contribution in [0, 0.1) is 6.92 Å². The summed E-state index contributed by atoms with van der Waals surface area (Å²) in [5, 5.41) is 0. The van der Waals surface area contributed by atoms with Crippen LogP contribution in [0.3, 0.4) is 0 Å². The molecular formula is C20H27N3O2. The summed E-state index contributed by atoms with van der Waals surface area (Å²) in [7, 11) is 0. The van der Waals surface area contributed by atoms with Gasteiger partial charge in [-0.2, -0.15) is 0 Å². The van der Waals surface area contributed by atoms with Crippen molar-refractivity contribution in [2.24, 2.45) is 0 Å². The molecule has 0 bridgehead atoms. The molecule has 0 aliphatic carbocycles. The van der Waals surface area contributed by atoms with E-state index in [0.717, 1.165) is 51.9 Å². The molecule has 1 aromatic rings. The van der Waals surface area contributed by atoms with Crippen LogP contribution in [-0.2, 0) is 11.3 Å². The number of piperidine rings is 1. The molecule has 3 heterocycles. The standard InChI is InChI=1S/C20H27N3O2/c1-15-5-3-6-16(13-15)14-21-11-7-17(8-12-21)23-18(24)20(2)9-4-10-22(20)19(23)25/h3,5-6,13,17H,4,7-12,14H2,1-2H3. The zero-order chi connectivity index (χ0) is 17.6. The van der Waals surface area contributed by atoms with Crippen LogP contribution in [0.15, 0.2) is 24.3 Å². The van der Waals surface area contributed by atoms with Gasteiger partial charge in [0.05, 0.1) is 0 Å². The van der Waals surface area contributed by atoms with Crippen LogP contribution in [-0.4, -0.2) is 57.9 Å². The number of hydrogen-bond acceptors (Lipinski definition) is 3. The van der Waals surface area contributed by atoms with E-state index in [9.17, 15) is 9.59 Å². The molecule has 0 N–H and O–H groups in total. The monoisotopic (exact) mass is 341 g/mol. The van der Waals surface area contributed by atoms with Crippen molar-refractivity contribution in [3.05, 3.63) is 35.4 Å². The molecule has 4 rings (SSSR count). The van der Waals surface area contributed by atoms with Crippen molar-refractivity contribution in [2.45, 2.75) is 57.7 Å². The smallest absolute Gasteiger partial charge is 0.310 e. The molecule has 0 spiro atoms.